The van der Waals surface area contributed by atoms with Crippen LogP contribution in [0.2, 0.25) is 0 Å². The molecule has 0 aromatic carbocycles. The molecule has 0 bridgehead atoms. The minimum Gasteiger partial charge on any atom is -0.392 e. The van der Waals surface area contributed by atoms with Gasteiger partial charge in [0.15, 0.2) is 9.84 Å². The van der Waals surface area contributed by atoms with Crippen molar-refractivity contribution < 1.29 is 13.5 Å². The maximum absolute atomic E-state index is 11.4. The van der Waals surface area contributed by atoms with Crippen LogP contribution in [0.5, 0.6) is 0 Å². The van der Waals surface area contributed by atoms with E-state index in [0.717, 1.165) is 6.42 Å². The molecule has 0 aromatic heterocycles. The molecule has 0 amide bonds. The summed E-state index contributed by atoms with van der Waals surface area (Å²) in [5.74, 6) is 0.486. The van der Waals surface area contributed by atoms with Gasteiger partial charge in [0.05, 0.1) is 10.9 Å². The highest BCUT2D eigenvalue weighted by Crippen LogP contribution is 2.24. The monoisotopic (exact) mass is 222 g/mol. The molecule has 0 aromatic rings. The van der Waals surface area contributed by atoms with Crippen molar-refractivity contribution in [1.29, 1.82) is 0 Å². The molecule has 14 heavy (non-hydrogen) atoms. The van der Waals surface area contributed by atoms with Gasteiger partial charge in [-0.3, -0.25) is 0 Å². The molecule has 0 heterocycles. The Labute approximate surface area is 87.4 Å². The van der Waals surface area contributed by atoms with Crippen LogP contribution in [0.3, 0.4) is 0 Å². The molecule has 0 aliphatic heterocycles. The Balaban J connectivity index is 4.45. The molecule has 1 N–H and O–H groups in total. The summed E-state index contributed by atoms with van der Waals surface area (Å²) in [4.78, 5) is 0. The Bertz CT molecular complexity index is 265. The fourth-order valence-electron chi connectivity index (χ4n) is 1.09. The van der Waals surface area contributed by atoms with E-state index in [-0.39, 0.29) is 0 Å². The summed E-state index contributed by atoms with van der Waals surface area (Å²) in [5, 5.41) is 9.78. The third-order valence-corrected chi connectivity index (χ3v) is 4.96. The quantitative estimate of drug-likeness (QED) is 0.769. The maximum Gasteiger partial charge on any atom is 0.155 e. The summed E-state index contributed by atoms with van der Waals surface area (Å²) in [6.07, 6.45) is 1.78. The standard InChI is InChI=1S/C10H22O3S/c1-8(2)6-7-9(11)10(3,4)14(5,12)13/h8-9,11H,6-7H2,1-5H3. The average molecular weight is 222 g/mol. The van der Waals surface area contributed by atoms with Gasteiger partial charge in [0.25, 0.3) is 0 Å². The summed E-state index contributed by atoms with van der Waals surface area (Å²) < 4.78 is 21.7. The van der Waals surface area contributed by atoms with Crippen LogP contribution in [0, 0.1) is 5.92 Å². The first kappa shape index (κ1) is 13.9. The van der Waals surface area contributed by atoms with Gasteiger partial charge in [-0.15, -0.1) is 0 Å². The van der Waals surface area contributed by atoms with Crippen molar-refractivity contribution in [2.24, 2.45) is 5.92 Å². The van der Waals surface area contributed by atoms with Gasteiger partial charge in [-0.25, -0.2) is 8.42 Å². The number of sulfone groups is 1. The third kappa shape index (κ3) is 3.58. The zero-order chi connectivity index (χ0) is 11.6. The average Bonchev–Trinajstić information content (AvgIpc) is 1.97. The highest BCUT2D eigenvalue weighted by Gasteiger charge is 2.37. The molecule has 1 unspecified atom stereocenters. The van der Waals surface area contributed by atoms with Gasteiger partial charge in [-0.2, -0.15) is 0 Å². The first-order valence-corrected chi connectivity index (χ1v) is 6.86. The molecule has 0 saturated heterocycles. The van der Waals surface area contributed by atoms with Gasteiger partial charge in [-0.05, 0) is 32.6 Å². The van der Waals surface area contributed by atoms with Crippen LogP contribution in [-0.2, 0) is 9.84 Å². The summed E-state index contributed by atoms with van der Waals surface area (Å²) in [6, 6.07) is 0. The maximum atomic E-state index is 11.4. The molecule has 0 aliphatic rings. The zero-order valence-corrected chi connectivity index (χ0v) is 10.6. The van der Waals surface area contributed by atoms with Gasteiger partial charge in [-0.1, -0.05) is 13.8 Å². The molecule has 0 aliphatic carbocycles. The minimum atomic E-state index is -3.20. The minimum absolute atomic E-state index is 0.486. The number of aliphatic hydroxyl groups excluding tert-OH is 1. The van der Waals surface area contributed by atoms with Gasteiger partial charge >= 0.3 is 0 Å². The van der Waals surface area contributed by atoms with E-state index in [1.807, 2.05) is 0 Å². The van der Waals surface area contributed by atoms with Crippen LogP contribution < -0.4 is 0 Å². The molecular formula is C10H22O3S. The Kier molecular flexibility index (Phi) is 4.59. The van der Waals surface area contributed by atoms with Crippen molar-refractivity contribution in [1.82, 2.24) is 0 Å². The van der Waals surface area contributed by atoms with Crippen LogP contribution >= 0.6 is 0 Å². The number of aliphatic hydroxyl groups is 1. The highest BCUT2D eigenvalue weighted by atomic mass is 32.2. The Morgan fingerprint density at radius 3 is 1.93 bits per heavy atom. The fraction of sp³-hybridized carbons (Fsp3) is 1.00. The predicted octanol–water partition coefficient (Wildman–Crippen LogP) is 1.61. The van der Waals surface area contributed by atoms with E-state index in [0.29, 0.717) is 12.3 Å². The van der Waals surface area contributed by atoms with Crippen molar-refractivity contribution in [2.75, 3.05) is 6.26 Å². The lowest BCUT2D eigenvalue weighted by Gasteiger charge is -2.28. The smallest absolute Gasteiger partial charge is 0.155 e. The molecule has 0 radical (unpaired) electrons. The number of rotatable bonds is 5. The summed E-state index contributed by atoms with van der Waals surface area (Å²) >= 11 is 0. The van der Waals surface area contributed by atoms with Crippen LogP contribution in [0.15, 0.2) is 0 Å². The second-order valence-corrected chi connectivity index (χ2v) is 7.46. The first-order chi connectivity index (χ1) is 6.09. The van der Waals surface area contributed by atoms with Crippen LogP contribution in [0.4, 0.5) is 0 Å². The van der Waals surface area contributed by atoms with Gasteiger partial charge in [0.1, 0.15) is 0 Å². The molecule has 0 spiro atoms. The second-order valence-electron chi connectivity index (χ2n) is 4.86. The van der Waals surface area contributed by atoms with Crippen LogP contribution in [-0.4, -0.2) is 30.6 Å². The Morgan fingerprint density at radius 2 is 1.64 bits per heavy atom. The first-order valence-electron chi connectivity index (χ1n) is 4.96. The molecule has 86 valence electrons. The lowest BCUT2D eigenvalue weighted by atomic mass is 9.97. The topological polar surface area (TPSA) is 54.4 Å². The zero-order valence-electron chi connectivity index (χ0n) is 9.74. The molecule has 0 rings (SSSR count). The van der Waals surface area contributed by atoms with Crippen molar-refractivity contribution in [3.63, 3.8) is 0 Å². The molecular weight excluding hydrogens is 200 g/mol. The van der Waals surface area contributed by atoms with E-state index < -0.39 is 20.7 Å². The Hall–Kier alpha value is -0.0900. The van der Waals surface area contributed by atoms with Gasteiger partial charge in [0.2, 0.25) is 0 Å². The van der Waals surface area contributed by atoms with Gasteiger partial charge < -0.3 is 5.11 Å². The predicted molar refractivity (Wildman–Crippen MR) is 59.0 cm³/mol. The van der Waals surface area contributed by atoms with Gasteiger partial charge in [0, 0.05) is 6.26 Å². The van der Waals surface area contributed by atoms with Crippen molar-refractivity contribution in [2.45, 2.75) is 51.4 Å². The second kappa shape index (κ2) is 4.62. The molecule has 0 fully saturated rings. The van der Waals surface area contributed by atoms with Crippen LogP contribution in [0.25, 0.3) is 0 Å². The van der Waals surface area contributed by atoms with Crippen molar-refractivity contribution >= 4 is 9.84 Å². The van der Waals surface area contributed by atoms with Crippen molar-refractivity contribution in [3.8, 4) is 0 Å². The summed E-state index contributed by atoms with van der Waals surface area (Å²) in [7, 11) is -3.20. The summed E-state index contributed by atoms with van der Waals surface area (Å²) in [5.41, 5.74) is 0. The SMILES string of the molecule is CC(C)CCC(O)C(C)(C)S(C)(=O)=O. The molecule has 3 nitrogen and oxygen atoms in total. The molecule has 4 heteroatoms. The Morgan fingerprint density at radius 1 is 1.21 bits per heavy atom. The lowest BCUT2D eigenvalue weighted by molar-refractivity contribution is 0.121. The lowest BCUT2D eigenvalue weighted by Crippen LogP contribution is -2.43. The van der Waals surface area contributed by atoms with E-state index in [4.69, 9.17) is 0 Å². The summed E-state index contributed by atoms with van der Waals surface area (Å²) in [6.45, 7) is 7.26. The number of hydrogen-bond acceptors (Lipinski definition) is 3. The largest absolute Gasteiger partial charge is 0.392 e. The number of hydrogen-bond donors (Lipinski definition) is 1. The van der Waals surface area contributed by atoms with Crippen LogP contribution in [0.1, 0.15) is 40.5 Å². The highest BCUT2D eigenvalue weighted by molar-refractivity contribution is 7.92. The molecule has 0 saturated carbocycles. The van der Waals surface area contributed by atoms with E-state index >= 15 is 0 Å². The fourth-order valence-corrected chi connectivity index (χ4v) is 1.70. The van der Waals surface area contributed by atoms with Crippen molar-refractivity contribution in [3.05, 3.63) is 0 Å². The molecule has 1 atom stereocenters. The normalized spacial score (nSPS) is 15.9. The third-order valence-electron chi connectivity index (χ3n) is 2.78. The van der Waals surface area contributed by atoms with E-state index in [1.165, 1.54) is 6.26 Å². The van der Waals surface area contributed by atoms with E-state index in [1.54, 1.807) is 13.8 Å². The van der Waals surface area contributed by atoms with E-state index in [9.17, 15) is 13.5 Å². The van der Waals surface area contributed by atoms with E-state index in [2.05, 4.69) is 13.8 Å².